The van der Waals surface area contributed by atoms with Crippen LogP contribution in [-0.4, -0.2) is 39.8 Å². The summed E-state index contributed by atoms with van der Waals surface area (Å²) in [6, 6.07) is 10.6. The molecule has 7 heteroatoms. The number of anilines is 1. The van der Waals surface area contributed by atoms with E-state index in [1.807, 2.05) is 32.2 Å². The van der Waals surface area contributed by atoms with Crippen LogP contribution in [0, 0.1) is 0 Å². The van der Waals surface area contributed by atoms with Gasteiger partial charge in [-0.05, 0) is 42.8 Å². The van der Waals surface area contributed by atoms with Crippen molar-refractivity contribution in [2.24, 2.45) is 0 Å². The van der Waals surface area contributed by atoms with Crippen LogP contribution >= 0.6 is 23.2 Å². The zero-order valence-corrected chi connectivity index (χ0v) is 17.4. The van der Waals surface area contributed by atoms with E-state index in [0.717, 1.165) is 23.4 Å². The molecule has 2 N–H and O–H groups in total. The number of hydrogen-bond donors (Lipinski definition) is 2. The fraction of sp³-hybridized carbons (Fsp3) is 0.350. The highest BCUT2D eigenvalue weighted by molar-refractivity contribution is 6.35. The molecule has 2 rings (SSSR count). The quantitative estimate of drug-likeness (QED) is 0.701. The monoisotopic (exact) mass is 411 g/mol. The van der Waals surface area contributed by atoms with Crippen molar-refractivity contribution in [3.63, 3.8) is 0 Å². The van der Waals surface area contributed by atoms with Gasteiger partial charge in [-0.3, -0.25) is 4.79 Å². The molecule has 0 saturated carbocycles. The number of likely N-dealkylation sites (N-methyl/N-ethyl adjacent to an activating group) is 1. The van der Waals surface area contributed by atoms with Gasteiger partial charge in [0.05, 0.1) is 38.5 Å². The van der Waals surface area contributed by atoms with Crippen molar-refractivity contribution in [1.29, 1.82) is 0 Å². The molecule has 0 heterocycles. The number of hydrogen-bond acceptors (Lipinski definition) is 3. The number of ether oxygens (including phenoxy) is 2. The maximum Gasteiger partial charge on any atom is 0.282 e. The Morgan fingerprint density at radius 2 is 1.81 bits per heavy atom. The molecule has 0 aromatic heterocycles. The molecule has 2 aromatic rings. The molecule has 0 aliphatic heterocycles. The second-order valence-electron chi connectivity index (χ2n) is 6.37. The van der Waals surface area contributed by atoms with Crippen LogP contribution in [0.5, 0.6) is 11.5 Å². The summed E-state index contributed by atoms with van der Waals surface area (Å²) in [5.41, 5.74) is 1.64. The molecular weight excluding hydrogens is 387 g/mol. The van der Waals surface area contributed by atoms with Crippen LogP contribution < -0.4 is 19.7 Å². The van der Waals surface area contributed by atoms with Crippen molar-refractivity contribution in [3.05, 3.63) is 52.0 Å². The first kappa shape index (κ1) is 21.4. The minimum absolute atomic E-state index is 0.107. The van der Waals surface area contributed by atoms with Crippen molar-refractivity contribution in [2.75, 3.05) is 33.1 Å². The normalized spacial score (nSPS) is 13.0. The van der Waals surface area contributed by atoms with Crippen molar-refractivity contribution in [3.8, 4) is 11.5 Å². The van der Waals surface area contributed by atoms with E-state index in [2.05, 4.69) is 5.32 Å². The van der Waals surface area contributed by atoms with Crippen LogP contribution in [0.1, 0.15) is 12.5 Å². The number of quaternary nitrogens is 1. The summed E-state index contributed by atoms with van der Waals surface area (Å²) in [6.45, 7) is 2.67. The third kappa shape index (κ3) is 5.76. The number of carbonyl (C=O) groups excluding carboxylic acids is 1. The Kier molecular flexibility index (Phi) is 7.78. The van der Waals surface area contributed by atoms with Gasteiger partial charge in [0, 0.05) is 11.4 Å². The lowest BCUT2D eigenvalue weighted by Crippen LogP contribution is -3.14. The van der Waals surface area contributed by atoms with E-state index in [-0.39, 0.29) is 11.9 Å². The third-order valence-electron chi connectivity index (χ3n) is 4.57. The van der Waals surface area contributed by atoms with E-state index in [0.29, 0.717) is 27.2 Å². The van der Waals surface area contributed by atoms with Crippen molar-refractivity contribution < 1.29 is 19.2 Å². The summed E-state index contributed by atoms with van der Waals surface area (Å²) in [5.74, 6) is 1.30. The molecule has 2 atom stereocenters. The van der Waals surface area contributed by atoms with Gasteiger partial charge in [0.1, 0.15) is 0 Å². The van der Waals surface area contributed by atoms with Crippen molar-refractivity contribution in [1.82, 2.24) is 0 Å². The minimum atomic E-state index is -0.250. The smallest absolute Gasteiger partial charge is 0.282 e. The number of halogens is 2. The molecule has 0 spiro atoms. The summed E-state index contributed by atoms with van der Waals surface area (Å²) >= 11 is 12.1. The van der Waals surface area contributed by atoms with E-state index < -0.39 is 0 Å². The Hall–Kier alpha value is -1.95. The number of rotatable bonds is 8. The van der Waals surface area contributed by atoms with Crippen LogP contribution in [0.15, 0.2) is 36.4 Å². The first-order valence-corrected chi connectivity index (χ1v) is 9.40. The molecule has 5 nitrogen and oxygen atoms in total. The molecule has 1 unspecified atom stereocenters. The minimum Gasteiger partial charge on any atom is -0.493 e. The topological polar surface area (TPSA) is 52.0 Å². The predicted molar refractivity (Wildman–Crippen MR) is 110 cm³/mol. The highest BCUT2D eigenvalue weighted by Crippen LogP contribution is 2.27. The lowest BCUT2D eigenvalue weighted by Gasteiger charge is -2.21. The summed E-state index contributed by atoms with van der Waals surface area (Å²) in [7, 11) is 5.22. The molecule has 0 fully saturated rings. The number of benzene rings is 2. The molecule has 0 saturated heterocycles. The Balaban J connectivity index is 1.95. The fourth-order valence-corrected chi connectivity index (χ4v) is 2.99. The molecule has 2 aromatic carbocycles. The third-order valence-corrected chi connectivity index (χ3v) is 5.14. The highest BCUT2D eigenvalue weighted by atomic mass is 35.5. The summed E-state index contributed by atoms with van der Waals surface area (Å²) < 4.78 is 10.6. The first-order valence-electron chi connectivity index (χ1n) is 8.64. The highest BCUT2D eigenvalue weighted by Gasteiger charge is 2.22. The van der Waals surface area contributed by atoms with Gasteiger partial charge in [-0.15, -0.1) is 0 Å². The Morgan fingerprint density at radius 1 is 1.11 bits per heavy atom. The maximum atomic E-state index is 12.5. The summed E-state index contributed by atoms with van der Waals surface area (Å²) in [4.78, 5) is 13.6. The zero-order chi connectivity index (χ0) is 20.0. The van der Waals surface area contributed by atoms with E-state index in [1.165, 1.54) is 0 Å². The van der Waals surface area contributed by atoms with E-state index in [4.69, 9.17) is 32.7 Å². The van der Waals surface area contributed by atoms with Crippen molar-refractivity contribution in [2.45, 2.75) is 19.4 Å². The molecule has 27 heavy (non-hydrogen) atoms. The van der Waals surface area contributed by atoms with Gasteiger partial charge in [-0.1, -0.05) is 29.3 Å². The standard InChI is InChI=1S/C20H24Cl2N2O3/c1-13(20(25)23-17-12-15(21)6-7-16(17)22)24(2)10-9-14-5-8-18(26-3)19(11-14)27-4/h5-8,11-13H,9-10H2,1-4H3,(H,23,25)/p+1/t13-/m1/s1. The number of amides is 1. The summed E-state index contributed by atoms with van der Waals surface area (Å²) in [5, 5.41) is 3.84. The SMILES string of the molecule is COc1ccc(CC[NH+](C)[C@H](C)C(=O)Nc2cc(Cl)ccc2Cl)cc1OC. The molecule has 1 amide bonds. The largest absolute Gasteiger partial charge is 0.493 e. The predicted octanol–water partition coefficient (Wildman–Crippen LogP) is 3.10. The van der Waals surface area contributed by atoms with Crippen molar-refractivity contribution >= 4 is 34.8 Å². The second kappa shape index (κ2) is 9.83. The van der Waals surface area contributed by atoms with Crippen LogP contribution in [0.2, 0.25) is 10.0 Å². The van der Waals surface area contributed by atoms with E-state index in [1.54, 1.807) is 32.4 Å². The molecule has 0 radical (unpaired) electrons. The van der Waals surface area contributed by atoms with Crippen LogP contribution in [-0.2, 0) is 11.2 Å². The van der Waals surface area contributed by atoms with Crippen LogP contribution in [0.3, 0.4) is 0 Å². The lowest BCUT2D eigenvalue weighted by molar-refractivity contribution is -0.893. The van der Waals surface area contributed by atoms with Crippen LogP contribution in [0.25, 0.3) is 0 Å². The average molecular weight is 412 g/mol. The zero-order valence-electron chi connectivity index (χ0n) is 15.9. The first-order chi connectivity index (χ1) is 12.8. The fourth-order valence-electron chi connectivity index (χ4n) is 2.65. The number of nitrogens with one attached hydrogen (secondary N) is 2. The lowest BCUT2D eigenvalue weighted by atomic mass is 10.1. The Bertz CT molecular complexity index is 799. The Labute approximate surface area is 170 Å². The van der Waals surface area contributed by atoms with Crippen LogP contribution in [0.4, 0.5) is 5.69 Å². The molecule has 0 aliphatic rings. The second-order valence-corrected chi connectivity index (χ2v) is 7.21. The number of carbonyl (C=O) groups is 1. The van der Waals surface area contributed by atoms with Gasteiger partial charge >= 0.3 is 0 Å². The molecular formula is C20H25Cl2N2O3+. The maximum absolute atomic E-state index is 12.5. The van der Waals surface area contributed by atoms with Gasteiger partial charge in [0.25, 0.3) is 5.91 Å². The Morgan fingerprint density at radius 3 is 2.48 bits per heavy atom. The molecule has 0 aliphatic carbocycles. The molecule has 0 bridgehead atoms. The van der Waals surface area contributed by atoms with Gasteiger partial charge in [-0.25, -0.2) is 0 Å². The average Bonchev–Trinajstić information content (AvgIpc) is 2.67. The van der Waals surface area contributed by atoms with Gasteiger partial charge in [-0.2, -0.15) is 0 Å². The van der Waals surface area contributed by atoms with Gasteiger partial charge in [0.15, 0.2) is 17.5 Å². The van der Waals surface area contributed by atoms with Gasteiger partial charge in [0.2, 0.25) is 0 Å². The molecule has 146 valence electrons. The summed E-state index contributed by atoms with van der Waals surface area (Å²) in [6.07, 6.45) is 0.807. The van der Waals surface area contributed by atoms with E-state index >= 15 is 0 Å². The number of methoxy groups -OCH3 is 2. The van der Waals surface area contributed by atoms with Gasteiger partial charge < -0.3 is 19.7 Å². The van der Waals surface area contributed by atoms with E-state index in [9.17, 15) is 4.79 Å².